The normalized spacial score (nSPS) is 11.3. The molecule has 24 heavy (non-hydrogen) atoms. The van der Waals surface area contributed by atoms with E-state index in [2.05, 4.69) is 31.1 Å². The van der Waals surface area contributed by atoms with Crippen molar-refractivity contribution in [3.05, 3.63) is 55.8 Å². The molecule has 0 unspecified atom stereocenters. The van der Waals surface area contributed by atoms with Crippen molar-refractivity contribution in [2.24, 2.45) is 0 Å². The number of hydrogen-bond donors (Lipinski definition) is 1. The molecular formula is C17H12BrN3O2S. The number of aromatic amines is 1. The van der Waals surface area contributed by atoms with Gasteiger partial charge in [0.15, 0.2) is 0 Å². The maximum Gasteiger partial charge on any atom is 0.249 e. The first-order chi connectivity index (χ1) is 11.5. The number of benzene rings is 1. The Bertz CT molecular complexity index is 1110. The number of H-pyrrole nitrogens is 1. The number of fused-ring (bicyclic) bond motifs is 1. The van der Waals surface area contributed by atoms with Gasteiger partial charge in [-0.1, -0.05) is 28.1 Å². The summed E-state index contributed by atoms with van der Waals surface area (Å²) in [5.41, 5.74) is 3.28. The van der Waals surface area contributed by atoms with Crippen molar-refractivity contribution in [3.63, 3.8) is 0 Å². The molecule has 0 amide bonds. The standard InChI is InChI=1S/C17H12BrN3O2S/c1-8-13-15(22)14(9(2)23-16(13)21-20-8)17-19-12(7-24-17)10-3-5-11(18)6-4-10/h3-7H,1-2H3,(H,20,21). The van der Waals surface area contributed by atoms with Crippen LogP contribution >= 0.6 is 27.3 Å². The predicted octanol–water partition coefficient (Wildman–Crippen LogP) is 4.69. The van der Waals surface area contributed by atoms with Crippen LogP contribution in [0.4, 0.5) is 0 Å². The molecule has 0 aliphatic carbocycles. The molecule has 0 aliphatic rings. The lowest BCUT2D eigenvalue weighted by molar-refractivity contribution is 0.554. The van der Waals surface area contributed by atoms with E-state index in [0.29, 0.717) is 33.1 Å². The van der Waals surface area contributed by atoms with E-state index in [1.54, 1.807) is 13.8 Å². The SMILES string of the molecule is Cc1oc2n[nH]c(C)c2c(=O)c1-c1nc(-c2ccc(Br)cc2)cs1. The highest BCUT2D eigenvalue weighted by Gasteiger charge is 2.19. The van der Waals surface area contributed by atoms with Crippen LogP contribution < -0.4 is 5.43 Å². The molecule has 7 heteroatoms. The summed E-state index contributed by atoms with van der Waals surface area (Å²) < 4.78 is 6.71. The highest BCUT2D eigenvalue weighted by Crippen LogP contribution is 2.31. The van der Waals surface area contributed by atoms with Gasteiger partial charge in [-0.2, -0.15) is 0 Å². The van der Waals surface area contributed by atoms with Crippen molar-refractivity contribution >= 4 is 38.4 Å². The number of aryl methyl sites for hydroxylation is 2. The first-order valence-corrected chi connectivity index (χ1v) is 8.92. The lowest BCUT2D eigenvalue weighted by Crippen LogP contribution is -2.07. The van der Waals surface area contributed by atoms with Crippen molar-refractivity contribution in [1.29, 1.82) is 0 Å². The maximum atomic E-state index is 12.9. The molecule has 1 N–H and O–H groups in total. The Morgan fingerprint density at radius 1 is 1.21 bits per heavy atom. The molecular weight excluding hydrogens is 390 g/mol. The van der Waals surface area contributed by atoms with E-state index in [-0.39, 0.29) is 5.43 Å². The fourth-order valence-electron chi connectivity index (χ4n) is 2.62. The third-order valence-corrected chi connectivity index (χ3v) is 5.22. The third-order valence-electron chi connectivity index (χ3n) is 3.83. The van der Waals surface area contributed by atoms with Crippen LogP contribution in [0.15, 0.2) is 43.3 Å². The molecule has 3 aromatic heterocycles. The summed E-state index contributed by atoms with van der Waals surface area (Å²) in [6, 6.07) is 7.91. The Labute approximate surface area is 149 Å². The lowest BCUT2D eigenvalue weighted by atomic mass is 10.1. The largest absolute Gasteiger partial charge is 0.441 e. The lowest BCUT2D eigenvalue weighted by Gasteiger charge is -2.01. The van der Waals surface area contributed by atoms with E-state index in [4.69, 9.17) is 4.42 Å². The molecule has 0 bridgehead atoms. The number of thiazole rings is 1. The highest BCUT2D eigenvalue weighted by molar-refractivity contribution is 9.10. The van der Waals surface area contributed by atoms with Gasteiger partial charge in [0.2, 0.25) is 11.1 Å². The van der Waals surface area contributed by atoms with E-state index in [9.17, 15) is 4.79 Å². The minimum absolute atomic E-state index is 0.100. The molecule has 0 saturated heterocycles. The average molecular weight is 402 g/mol. The van der Waals surface area contributed by atoms with E-state index in [1.165, 1.54) is 11.3 Å². The summed E-state index contributed by atoms with van der Waals surface area (Å²) in [5.74, 6) is 0.524. The van der Waals surface area contributed by atoms with Gasteiger partial charge in [0.25, 0.3) is 0 Å². The quantitative estimate of drug-likeness (QED) is 0.528. The molecule has 120 valence electrons. The second-order valence-electron chi connectivity index (χ2n) is 5.44. The number of nitrogens with one attached hydrogen (secondary N) is 1. The van der Waals surface area contributed by atoms with Gasteiger partial charge in [-0.25, -0.2) is 4.98 Å². The fraction of sp³-hybridized carbons (Fsp3) is 0.118. The van der Waals surface area contributed by atoms with Crippen molar-refractivity contribution in [2.45, 2.75) is 13.8 Å². The smallest absolute Gasteiger partial charge is 0.249 e. The molecule has 4 aromatic rings. The maximum absolute atomic E-state index is 12.9. The predicted molar refractivity (Wildman–Crippen MR) is 98.3 cm³/mol. The van der Waals surface area contributed by atoms with Crippen molar-refractivity contribution in [3.8, 4) is 21.8 Å². The van der Waals surface area contributed by atoms with Gasteiger partial charge in [-0.15, -0.1) is 16.4 Å². The monoisotopic (exact) mass is 401 g/mol. The molecule has 0 atom stereocenters. The summed E-state index contributed by atoms with van der Waals surface area (Å²) in [7, 11) is 0. The first kappa shape index (κ1) is 15.3. The average Bonchev–Trinajstić information content (AvgIpc) is 3.16. The van der Waals surface area contributed by atoms with E-state index in [1.807, 2.05) is 29.6 Å². The Kier molecular flexibility index (Phi) is 3.62. The topological polar surface area (TPSA) is 71.8 Å². The number of nitrogens with zero attached hydrogens (tertiary/aromatic N) is 2. The molecule has 0 aliphatic heterocycles. The highest BCUT2D eigenvalue weighted by atomic mass is 79.9. The Balaban J connectivity index is 1.88. The molecule has 0 saturated carbocycles. The zero-order valence-corrected chi connectivity index (χ0v) is 15.3. The summed E-state index contributed by atoms with van der Waals surface area (Å²) in [5, 5.41) is 9.90. The van der Waals surface area contributed by atoms with Crippen LogP contribution in [0.25, 0.3) is 32.9 Å². The van der Waals surface area contributed by atoms with Crippen LogP contribution in [0.2, 0.25) is 0 Å². The van der Waals surface area contributed by atoms with Crippen LogP contribution in [0.3, 0.4) is 0 Å². The Morgan fingerprint density at radius 3 is 2.71 bits per heavy atom. The Hall–Kier alpha value is -2.25. The van der Waals surface area contributed by atoms with Crippen molar-refractivity contribution in [2.75, 3.05) is 0 Å². The van der Waals surface area contributed by atoms with E-state index >= 15 is 0 Å². The van der Waals surface area contributed by atoms with Gasteiger partial charge in [-0.3, -0.25) is 9.89 Å². The van der Waals surface area contributed by atoms with E-state index < -0.39 is 0 Å². The summed E-state index contributed by atoms with van der Waals surface area (Å²) in [6.07, 6.45) is 0. The zero-order chi connectivity index (χ0) is 16.8. The van der Waals surface area contributed by atoms with Crippen molar-refractivity contribution in [1.82, 2.24) is 15.2 Å². The first-order valence-electron chi connectivity index (χ1n) is 7.25. The Morgan fingerprint density at radius 2 is 1.96 bits per heavy atom. The molecule has 3 heterocycles. The van der Waals surface area contributed by atoms with Crippen LogP contribution in [0.5, 0.6) is 0 Å². The van der Waals surface area contributed by atoms with Gasteiger partial charge in [0.1, 0.15) is 16.2 Å². The van der Waals surface area contributed by atoms with Gasteiger partial charge < -0.3 is 4.42 Å². The van der Waals surface area contributed by atoms with Gasteiger partial charge in [-0.05, 0) is 26.0 Å². The molecule has 1 aromatic carbocycles. The summed E-state index contributed by atoms with van der Waals surface area (Å²) in [6.45, 7) is 3.57. The number of halogens is 1. The molecule has 4 rings (SSSR count). The van der Waals surface area contributed by atoms with Crippen LogP contribution in [0.1, 0.15) is 11.5 Å². The molecule has 0 spiro atoms. The van der Waals surface area contributed by atoms with Gasteiger partial charge in [0, 0.05) is 21.1 Å². The van der Waals surface area contributed by atoms with Crippen LogP contribution in [-0.2, 0) is 0 Å². The summed E-state index contributed by atoms with van der Waals surface area (Å²) >= 11 is 4.86. The fourth-order valence-corrected chi connectivity index (χ4v) is 3.80. The molecule has 5 nitrogen and oxygen atoms in total. The number of aromatic nitrogens is 3. The minimum atomic E-state index is -0.100. The zero-order valence-electron chi connectivity index (χ0n) is 12.9. The van der Waals surface area contributed by atoms with Crippen LogP contribution in [0, 0.1) is 13.8 Å². The minimum Gasteiger partial charge on any atom is -0.441 e. The number of rotatable bonds is 2. The van der Waals surface area contributed by atoms with Crippen LogP contribution in [-0.4, -0.2) is 15.2 Å². The second kappa shape index (κ2) is 5.68. The second-order valence-corrected chi connectivity index (χ2v) is 7.21. The van der Waals surface area contributed by atoms with Crippen molar-refractivity contribution < 1.29 is 4.42 Å². The van der Waals surface area contributed by atoms with Gasteiger partial charge >= 0.3 is 0 Å². The van der Waals surface area contributed by atoms with Gasteiger partial charge in [0.05, 0.1) is 11.3 Å². The van der Waals surface area contributed by atoms with E-state index in [0.717, 1.165) is 15.7 Å². The third kappa shape index (κ3) is 2.40. The molecule has 0 fully saturated rings. The summed E-state index contributed by atoms with van der Waals surface area (Å²) in [4.78, 5) is 17.5. The molecule has 0 radical (unpaired) electrons. The number of hydrogen-bond acceptors (Lipinski definition) is 5.